The van der Waals surface area contributed by atoms with E-state index >= 15 is 4.39 Å². The van der Waals surface area contributed by atoms with Crippen molar-refractivity contribution in [3.8, 4) is 17.1 Å². The van der Waals surface area contributed by atoms with Gasteiger partial charge in [0.15, 0.2) is 10.9 Å². The summed E-state index contributed by atoms with van der Waals surface area (Å²) >= 11 is 7.82. The second-order valence-corrected chi connectivity index (χ2v) is 13.6. The summed E-state index contributed by atoms with van der Waals surface area (Å²) in [6.07, 6.45) is 6.69. The molecule has 42 heavy (non-hydrogen) atoms. The molecule has 0 saturated carbocycles. The molecule has 0 unspecified atom stereocenters. The summed E-state index contributed by atoms with van der Waals surface area (Å²) < 4.78 is 52.2. The van der Waals surface area contributed by atoms with Crippen LogP contribution in [0.25, 0.3) is 32.2 Å². The maximum absolute atomic E-state index is 16.7. The van der Waals surface area contributed by atoms with Gasteiger partial charge in [-0.3, -0.25) is 4.90 Å². The molecule has 4 atom stereocenters. The maximum Gasteiger partial charge on any atom is 0.319 e. The van der Waals surface area contributed by atoms with Crippen LogP contribution in [0.1, 0.15) is 51.4 Å². The molecule has 0 spiro atoms. The van der Waals surface area contributed by atoms with Gasteiger partial charge in [0.05, 0.1) is 20.8 Å². The first-order valence-electron chi connectivity index (χ1n) is 14.7. The Bertz CT molecular complexity index is 1720. The van der Waals surface area contributed by atoms with Crippen molar-refractivity contribution in [2.24, 2.45) is 0 Å². The average Bonchev–Trinajstić information content (AvgIpc) is 3.68. The van der Waals surface area contributed by atoms with Crippen LogP contribution in [0.2, 0.25) is 5.02 Å². The summed E-state index contributed by atoms with van der Waals surface area (Å²) in [6, 6.07) is 5.12. The number of thiazole rings is 1. The van der Waals surface area contributed by atoms with E-state index < -0.39 is 23.3 Å². The summed E-state index contributed by atoms with van der Waals surface area (Å²) in [7, 11) is 0. The molecule has 0 radical (unpaired) electrons. The fraction of sp³-hybridized carbons (Fsp3) is 0.500. The lowest BCUT2D eigenvalue weighted by Gasteiger charge is -2.36. The second kappa shape index (κ2) is 9.82. The van der Waals surface area contributed by atoms with Crippen LogP contribution < -0.4 is 15.4 Å². The molecule has 7 nitrogen and oxygen atoms in total. The molecule has 2 N–H and O–H groups in total. The highest BCUT2D eigenvalue weighted by atomic mass is 35.5. The zero-order valence-electron chi connectivity index (χ0n) is 22.9. The smallest absolute Gasteiger partial charge is 0.319 e. The largest absolute Gasteiger partial charge is 0.461 e. The van der Waals surface area contributed by atoms with Crippen LogP contribution in [0, 0.1) is 11.6 Å². The first kappa shape index (κ1) is 26.7. The fourth-order valence-corrected chi connectivity index (χ4v) is 9.03. The second-order valence-electron chi connectivity index (χ2n) is 12.2. The molecule has 12 heteroatoms. The molecule has 220 valence electrons. The summed E-state index contributed by atoms with van der Waals surface area (Å²) in [4.78, 5) is 18.2. The first-order valence-corrected chi connectivity index (χ1v) is 15.9. The third kappa shape index (κ3) is 4.06. The van der Waals surface area contributed by atoms with Crippen molar-refractivity contribution in [3.63, 3.8) is 0 Å². The molecule has 0 amide bonds. The molecular weight excluding hydrogens is 585 g/mol. The quantitative estimate of drug-likeness (QED) is 0.262. The summed E-state index contributed by atoms with van der Waals surface area (Å²) in [5.41, 5.74) is 6.25. The van der Waals surface area contributed by atoms with Crippen molar-refractivity contribution in [1.29, 1.82) is 0 Å². The molecule has 4 aliphatic rings. The Morgan fingerprint density at radius 1 is 1.07 bits per heavy atom. The maximum atomic E-state index is 16.7. The third-order valence-electron chi connectivity index (χ3n) is 9.79. The number of benzene rings is 2. The van der Waals surface area contributed by atoms with Gasteiger partial charge in [-0.05, 0) is 69.7 Å². The monoisotopic (exact) mass is 614 g/mol. The van der Waals surface area contributed by atoms with E-state index in [9.17, 15) is 8.78 Å². The summed E-state index contributed by atoms with van der Waals surface area (Å²) in [5, 5.41) is 0.842. The Hall–Kier alpha value is -2.89. The molecule has 0 aliphatic carbocycles. The summed E-state index contributed by atoms with van der Waals surface area (Å²) in [6.45, 7) is 1.49. The number of rotatable bonds is 5. The minimum Gasteiger partial charge on any atom is -0.461 e. The van der Waals surface area contributed by atoms with Gasteiger partial charge < -0.3 is 15.4 Å². The number of fused-ring (bicyclic) bond motifs is 5. The van der Waals surface area contributed by atoms with Crippen LogP contribution in [0.15, 0.2) is 18.2 Å². The highest BCUT2D eigenvalue weighted by Gasteiger charge is 2.49. The van der Waals surface area contributed by atoms with Crippen molar-refractivity contribution in [2.45, 2.75) is 75.2 Å². The normalized spacial score (nSPS) is 27.4. The van der Waals surface area contributed by atoms with Crippen molar-refractivity contribution >= 4 is 55.0 Å². The van der Waals surface area contributed by atoms with Crippen LogP contribution in [0.4, 0.5) is 24.1 Å². The predicted octanol–water partition coefficient (Wildman–Crippen LogP) is 6.90. The van der Waals surface area contributed by atoms with E-state index in [1.54, 1.807) is 6.07 Å². The molecule has 4 saturated heterocycles. The number of hydrogen-bond donors (Lipinski definition) is 1. The number of hydrogen-bond acceptors (Lipinski definition) is 8. The first-order chi connectivity index (χ1) is 20.3. The van der Waals surface area contributed by atoms with E-state index in [-0.39, 0.29) is 44.1 Å². The highest BCUT2D eigenvalue weighted by molar-refractivity contribution is 7.22. The lowest BCUT2D eigenvalue weighted by atomic mass is 9.95. The number of aromatic nitrogens is 3. The van der Waals surface area contributed by atoms with E-state index in [0.717, 1.165) is 62.8 Å². The van der Waals surface area contributed by atoms with Crippen LogP contribution in [-0.4, -0.2) is 63.3 Å². The van der Waals surface area contributed by atoms with Gasteiger partial charge in [0.2, 0.25) is 0 Å². The SMILES string of the molecule is Nc1nc2c(-c3c(Cl)cc4c(N5[C@@H]6CCC[C@H]5CC6)nc(OC[C@@]56CCCN5C[C@H](F)C6)nc4c3F)ccc(F)c2s1. The molecule has 2 aromatic heterocycles. The summed E-state index contributed by atoms with van der Waals surface area (Å²) in [5.74, 6) is -0.517. The van der Waals surface area contributed by atoms with Crippen LogP contribution in [0.3, 0.4) is 0 Å². The minimum atomic E-state index is -0.889. The zero-order chi connectivity index (χ0) is 28.7. The van der Waals surface area contributed by atoms with Gasteiger partial charge in [-0.2, -0.15) is 9.97 Å². The van der Waals surface area contributed by atoms with E-state index in [1.807, 2.05) is 0 Å². The highest BCUT2D eigenvalue weighted by Crippen LogP contribution is 2.46. The molecule has 4 fully saturated rings. The topological polar surface area (TPSA) is 80.4 Å². The molecular formula is C30H30ClF3N6OS. The predicted molar refractivity (Wildman–Crippen MR) is 159 cm³/mol. The number of halogens is 4. The Morgan fingerprint density at radius 2 is 1.88 bits per heavy atom. The van der Waals surface area contributed by atoms with Crippen molar-refractivity contribution in [1.82, 2.24) is 19.9 Å². The lowest BCUT2D eigenvalue weighted by molar-refractivity contribution is 0.107. The molecule has 2 bridgehead atoms. The van der Waals surface area contributed by atoms with Crippen LogP contribution in [-0.2, 0) is 0 Å². The number of alkyl halides is 1. The fourth-order valence-electron chi connectivity index (χ4n) is 7.97. The van der Waals surface area contributed by atoms with Crippen molar-refractivity contribution in [2.75, 3.05) is 30.3 Å². The zero-order valence-corrected chi connectivity index (χ0v) is 24.5. The lowest BCUT2D eigenvalue weighted by Crippen LogP contribution is -2.43. The number of nitrogen functional groups attached to an aromatic ring is 1. The number of nitrogens with two attached hydrogens (primary N) is 1. The van der Waals surface area contributed by atoms with Gasteiger partial charge in [-0.25, -0.2) is 18.2 Å². The third-order valence-corrected chi connectivity index (χ3v) is 11.0. The van der Waals surface area contributed by atoms with Gasteiger partial charge in [-0.1, -0.05) is 22.9 Å². The Morgan fingerprint density at radius 3 is 2.69 bits per heavy atom. The Balaban J connectivity index is 1.29. The van der Waals surface area contributed by atoms with E-state index in [1.165, 1.54) is 12.1 Å². The van der Waals surface area contributed by atoms with Crippen molar-refractivity contribution in [3.05, 3.63) is 34.9 Å². The van der Waals surface area contributed by atoms with Gasteiger partial charge in [0, 0.05) is 41.6 Å². The van der Waals surface area contributed by atoms with Crippen molar-refractivity contribution < 1.29 is 17.9 Å². The van der Waals surface area contributed by atoms with Crippen LogP contribution >= 0.6 is 22.9 Å². The van der Waals surface area contributed by atoms with Gasteiger partial charge in [0.1, 0.15) is 29.9 Å². The van der Waals surface area contributed by atoms with E-state index in [2.05, 4.69) is 19.8 Å². The van der Waals surface area contributed by atoms with Gasteiger partial charge in [-0.15, -0.1) is 0 Å². The minimum absolute atomic E-state index is 0.0698. The number of nitrogens with zero attached hydrogens (tertiary/aromatic N) is 5. The van der Waals surface area contributed by atoms with E-state index in [0.29, 0.717) is 41.8 Å². The van der Waals surface area contributed by atoms with Crippen LogP contribution in [0.5, 0.6) is 6.01 Å². The van der Waals surface area contributed by atoms with Gasteiger partial charge in [0.25, 0.3) is 0 Å². The molecule has 4 aromatic rings. The van der Waals surface area contributed by atoms with E-state index in [4.69, 9.17) is 27.1 Å². The molecule has 2 aromatic carbocycles. The molecule has 4 aliphatic heterocycles. The number of piperidine rings is 1. The number of ether oxygens (including phenoxy) is 1. The standard InChI is InChI=1S/C30H30ClF3N6OS/c31-20-11-19-24(23(34)22(20)18-7-8-21(33)26-25(18)36-28(35)42-26)37-29(38-27(19)40-16-3-1-4-17(40)6-5-16)41-14-30-9-2-10-39(30)13-15(32)12-30/h7-8,11,15-17H,1-6,9-10,12-14H2,(H2,35,36)/t15-,16-,17+,30+/m1/s1. The molecule has 6 heterocycles. The Kier molecular flexibility index (Phi) is 6.25. The van der Waals surface area contributed by atoms with Gasteiger partial charge >= 0.3 is 6.01 Å². The Labute approximate surface area is 249 Å². The molecule has 8 rings (SSSR count). The number of anilines is 2. The average molecular weight is 615 g/mol.